The summed E-state index contributed by atoms with van der Waals surface area (Å²) in [5.74, 6) is 0.0494. The number of pyridine rings is 1. The maximum atomic E-state index is 11.2. The molecule has 2 N–H and O–H groups in total. The summed E-state index contributed by atoms with van der Waals surface area (Å²) in [4.78, 5) is 0.377. The molecule has 3 aromatic rings. The van der Waals surface area contributed by atoms with E-state index in [0.29, 0.717) is 26.3 Å². The Balaban J connectivity index is 2.07. The van der Waals surface area contributed by atoms with Crippen LogP contribution in [0.3, 0.4) is 0 Å². The summed E-state index contributed by atoms with van der Waals surface area (Å²) < 4.78 is 1.82. The summed E-state index contributed by atoms with van der Waals surface area (Å²) in [5, 5.41) is 15.7. The molecule has 0 aliphatic heterocycles. The van der Waals surface area contributed by atoms with Gasteiger partial charge in [-0.15, -0.1) is 0 Å². The molecular formula is C25H25Cl2N2OS+. The topological polar surface area (TPSA) is 36.1 Å². The Morgan fingerprint density at radius 3 is 2.13 bits per heavy atom. The zero-order valence-electron chi connectivity index (χ0n) is 17.9. The van der Waals surface area contributed by atoms with Crippen molar-refractivity contribution in [2.24, 2.45) is 0 Å². The number of aromatic nitrogens is 1. The molecule has 2 aromatic carbocycles. The Kier molecular flexibility index (Phi) is 7.05. The highest BCUT2D eigenvalue weighted by atomic mass is 35.5. The molecule has 0 bridgehead atoms. The van der Waals surface area contributed by atoms with Crippen LogP contribution in [0, 0.1) is 6.92 Å². The number of nitrogens with one attached hydrogen (secondary N) is 1. The van der Waals surface area contributed by atoms with Crippen molar-refractivity contribution < 1.29 is 9.67 Å². The van der Waals surface area contributed by atoms with Gasteiger partial charge in [0.25, 0.3) is 5.70 Å². The van der Waals surface area contributed by atoms with E-state index in [2.05, 4.69) is 26.1 Å². The molecule has 0 saturated heterocycles. The van der Waals surface area contributed by atoms with E-state index in [1.54, 1.807) is 24.3 Å². The van der Waals surface area contributed by atoms with E-state index in [0.717, 1.165) is 11.3 Å². The van der Waals surface area contributed by atoms with Gasteiger partial charge in [0.1, 0.15) is 0 Å². The molecule has 3 rings (SSSR count). The van der Waals surface area contributed by atoms with Gasteiger partial charge in [0, 0.05) is 33.4 Å². The minimum Gasteiger partial charge on any atom is -0.502 e. The zero-order chi connectivity index (χ0) is 22.8. The third-order valence-electron chi connectivity index (χ3n) is 4.93. The smallest absolute Gasteiger partial charge is 0.288 e. The number of aliphatic hydroxyl groups excluding tert-OH is 1. The average molecular weight is 472 g/mol. The number of aliphatic hydroxyl groups is 1. The van der Waals surface area contributed by atoms with Crippen LogP contribution in [-0.2, 0) is 5.41 Å². The molecule has 0 atom stereocenters. The number of rotatable bonds is 4. The molecular weight excluding hydrogens is 447 g/mol. The second-order valence-electron chi connectivity index (χ2n) is 8.37. The standard InChI is InChI=1S/C25H24Cl2N2OS/c1-16-15-20(9-10-21(16)27)28-24(31)22(23(30)17-5-7-19(26)8-6-17)29-13-11-18(12-14-29)25(2,3)4/h5-15H,1-4H3,(H-,28,30,31)/p+1. The van der Waals surface area contributed by atoms with Crippen LogP contribution in [0.1, 0.15) is 37.5 Å². The first-order chi connectivity index (χ1) is 14.6. The van der Waals surface area contributed by atoms with Crippen molar-refractivity contribution in [1.82, 2.24) is 0 Å². The van der Waals surface area contributed by atoms with E-state index in [-0.39, 0.29) is 11.2 Å². The molecule has 0 amide bonds. The number of aryl methyl sites for hydroxylation is 1. The fourth-order valence-electron chi connectivity index (χ4n) is 3.08. The monoisotopic (exact) mass is 471 g/mol. The van der Waals surface area contributed by atoms with Crippen LogP contribution < -0.4 is 9.88 Å². The third-order valence-corrected chi connectivity index (χ3v) is 5.90. The Hall–Kier alpha value is -2.40. The molecule has 31 heavy (non-hydrogen) atoms. The van der Waals surface area contributed by atoms with Crippen molar-refractivity contribution in [2.75, 3.05) is 5.32 Å². The molecule has 0 spiro atoms. The van der Waals surface area contributed by atoms with Gasteiger partial charge in [0.05, 0.1) is 0 Å². The van der Waals surface area contributed by atoms with E-state index in [1.165, 1.54) is 5.56 Å². The fourth-order valence-corrected chi connectivity index (χ4v) is 3.64. The van der Waals surface area contributed by atoms with Gasteiger partial charge < -0.3 is 10.4 Å². The van der Waals surface area contributed by atoms with Crippen molar-refractivity contribution in [3.05, 3.63) is 93.7 Å². The quantitative estimate of drug-likeness (QED) is 0.182. The maximum absolute atomic E-state index is 11.2. The van der Waals surface area contributed by atoms with E-state index in [1.807, 2.05) is 54.2 Å². The number of hydrogen-bond donors (Lipinski definition) is 2. The van der Waals surface area contributed by atoms with Crippen molar-refractivity contribution in [1.29, 1.82) is 0 Å². The molecule has 1 heterocycles. The SMILES string of the molecule is Cc1cc(NC(=S)/C(=C(\O)c2ccc(Cl)cc2)[n+]2ccc(C(C)(C)C)cc2)ccc1Cl. The summed E-state index contributed by atoms with van der Waals surface area (Å²) in [6.07, 6.45) is 3.81. The first-order valence-corrected chi connectivity index (χ1v) is 11.0. The molecule has 0 aliphatic rings. The molecule has 0 fully saturated rings. The molecule has 1 aromatic heterocycles. The van der Waals surface area contributed by atoms with E-state index >= 15 is 0 Å². The molecule has 0 radical (unpaired) electrons. The van der Waals surface area contributed by atoms with Gasteiger partial charge in [-0.3, -0.25) is 0 Å². The van der Waals surface area contributed by atoms with Crippen molar-refractivity contribution >= 4 is 57.6 Å². The van der Waals surface area contributed by atoms with Gasteiger partial charge in [0.15, 0.2) is 23.1 Å². The van der Waals surface area contributed by atoms with Crippen molar-refractivity contribution in [3.63, 3.8) is 0 Å². The molecule has 160 valence electrons. The number of halogens is 2. The number of nitrogens with zero attached hydrogens (tertiary/aromatic N) is 1. The lowest BCUT2D eigenvalue weighted by molar-refractivity contribution is -0.575. The second kappa shape index (κ2) is 9.39. The van der Waals surface area contributed by atoms with Crippen LogP contribution in [0.25, 0.3) is 11.5 Å². The Morgan fingerprint density at radius 2 is 1.58 bits per heavy atom. The third kappa shape index (κ3) is 5.65. The fraction of sp³-hybridized carbons (Fsp3) is 0.200. The Bertz CT molecular complexity index is 1130. The lowest BCUT2D eigenvalue weighted by Crippen LogP contribution is -2.39. The van der Waals surface area contributed by atoms with E-state index in [9.17, 15) is 5.11 Å². The summed E-state index contributed by atoms with van der Waals surface area (Å²) >= 11 is 17.9. The molecule has 0 aliphatic carbocycles. The van der Waals surface area contributed by atoms with Crippen LogP contribution in [0.5, 0.6) is 0 Å². The normalized spacial score (nSPS) is 12.3. The van der Waals surface area contributed by atoms with Gasteiger partial charge >= 0.3 is 0 Å². The highest BCUT2D eigenvalue weighted by Crippen LogP contribution is 2.24. The minimum absolute atomic E-state index is 0.0147. The van der Waals surface area contributed by atoms with Crippen molar-refractivity contribution in [2.45, 2.75) is 33.1 Å². The maximum Gasteiger partial charge on any atom is 0.288 e. The number of thiocarbonyl (C=S) groups is 1. The van der Waals surface area contributed by atoms with Gasteiger partial charge in [-0.1, -0.05) is 56.2 Å². The predicted octanol–water partition coefficient (Wildman–Crippen LogP) is 7.21. The number of anilines is 1. The number of benzene rings is 2. The van der Waals surface area contributed by atoms with E-state index < -0.39 is 0 Å². The second-order valence-corrected chi connectivity index (χ2v) is 9.62. The Morgan fingerprint density at radius 1 is 0.968 bits per heavy atom. The summed E-state index contributed by atoms with van der Waals surface area (Å²) in [5.41, 5.74) is 4.00. The highest BCUT2D eigenvalue weighted by Gasteiger charge is 2.25. The predicted molar refractivity (Wildman–Crippen MR) is 135 cm³/mol. The largest absolute Gasteiger partial charge is 0.502 e. The summed E-state index contributed by atoms with van der Waals surface area (Å²) in [6.45, 7) is 8.40. The van der Waals surface area contributed by atoms with Crippen LogP contribution >= 0.6 is 35.4 Å². The van der Waals surface area contributed by atoms with Gasteiger partial charge in [0.2, 0.25) is 0 Å². The zero-order valence-corrected chi connectivity index (χ0v) is 20.2. The van der Waals surface area contributed by atoms with Gasteiger partial charge in [-0.25, -0.2) is 0 Å². The lowest BCUT2D eigenvalue weighted by atomic mass is 9.88. The molecule has 3 nitrogen and oxygen atoms in total. The minimum atomic E-state index is 0.0147. The molecule has 0 unspecified atom stereocenters. The van der Waals surface area contributed by atoms with Crippen LogP contribution in [0.2, 0.25) is 10.0 Å². The molecule has 0 saturated carbocycles. The van der Waals surface area contributed by atoms with Crippen LogP contribution in [0.15, 0.2) is 67.0 Å². The highest BCUT2D eigenvalue weighted by molar-refractivity contribution is 7.81. The first-order valence-electron chi connectivity index (χ1n) is 9.85. The first kappa shape index (κ1) is 23.3. The molecule has 6 heteroatoms. The Labute approximate surface area is 199 Å². The average Bonchev–Trinajstić information content (AvgIpc) is 2.71. The number of hydrogen-bond acceptors (Lipinski definition) is 2. The van der Waals surface area contributed by atoms with Gasteiger partial charge in [-0.05, 0) is 65.9 Å². The van der Waals surface area contributed by atoms with Crippen LogP contribution in [0.4, 0.5) is 5.69 Å². The summed E-state index contributed by atoms with van der Waals surface area (Å²) in [7, 11) is 0. The van der Waals surface area contributed by atoms with Gasteiger partial charge in [-0.2, -0.15) is 4.57 Å². The van der Waals surface area contributed by atoms with Crippen molar-refractivity contribution in [3.8, 4) is 0 Å². The lowest BCUT2D eigenvalue weighted by Gasteiger charge is -2.18. The van der Waals surface area contributed by atoms with Crippen LogP contribution in [-0.4, -0.2) is 10.1 Å². The summed E-state index contributed by atoms with van der Waals surface area (Å²) in [6, 6.07) is 16.6. The van der Waals surface area contributed by atoms with E-state index in [4.69, 9.17) is 35.4 Å².